The lowest BCUT2D eigenvalue weighted by Crippen LogP contribution is -2.45. The first-order valence-electron chi connectivity index (χ1n) is 10.8. The molecule has 0 atom stereocenters. The van der Waals surface area contributed by atoms with E-state index in [1.54, 1.807) is 6.07 Å². The van der Waals surface area contributed by atoms with Crippen LogP contribution in [0.3, 0.4) is 0 Å². The van der Waals surface area contributed by atoms with Crippen molar-refractivity contribution in [2.24, 2.45) is 0 Å². The van der Waals surface area contributed by atoms with Crippen molar-refractivity contribution in [3.8, 4) is 5.75 Å². The molecule has 2 aliphatic rings. The Morgan fingerprint density at radius 2 is 1.90 bits per heavy atom. The average molecular weight is 413 g/mol. The van der Waals surface area contributed by atoms with E-state index in [1.807, 2.05) is 29.2 Å². The van der Waals surface area contributed by atoms with Crippen molar-refractivity contribution in [2.45, 2.75) is 57.9 Å². The molecule has 2 aromatic carbocycles. The molecular weight excluding hydrogens is 383 g/mol. The highest BCUT2D eigenvalue weighted by Gasteiger charge is 2.23. The highest BCUT2D eigenvalue weighted by atomic mass is 19.1. The second-order valence-electron chi connectivity index (χ2n) is 8.12. The molecule has 0 spiro atoms. The van der Waals surface area contributed by atoms with E-state index in [1.165, 1.54) is 31.4 Å². The van der Waals surface area contributed by atoms with Crippen LogP contribution in [0.1, 0.15) is 48.8 Å². The standard InChI is InChI=1S/C24H29FN2O3/c25-21-6-4-5-18(14-21)16-29-17-19-9-10-23-20(13-19)15-27(11-12-30-23)24(28)26-22-7-2-1-3-8-22/h4-6,9-10,13-14,22H,1-3,7-8,11-12,15-17H2,(H,26,28). The van der Waals surface area contributed by atoms with E-state index >= 15 is 0 Å². The summed E-state index contributed by atoms with van der Waals surface area (Å²) in [6, 6.07) is 12.7. The first kappa shape index (κ1) is 20.7. The fourth-order valence-corrected chi connectivity index (χ4v) is 4.14. The topological polar surface area (TPSA) is 50.8 Å². The van der Waals surface area contributed by atoms with Gasteiger partial charge in [0.1, 0.15) is 18.2 Å². The number of benzene rings is 2. The first-order chi connectivity index (χ1) is 14.7. The van der Waals surface area contributed by atoms with Crippen LogP contribution in [-0.4, -0.2) is 30.1 Å². The lowest BCUT2D eigenvalue weighted by atomic mass is 9.96. The van der Waals surface area contributed by atoms with Crippen LogP contribution in [0.5, 0.6) is 5.75 Å². The van der Waals surface area contributed by atoms with Gasteiger partial charge in [0, 0.05) is 11.6 Å². The summed E-state index contributed by atoms with van der Waals surface area (Å²) in [4.78, 5) is 14.6. The Labute approximate surface area is 177 Å². The number of rotatable bonds is 5. The van der Waals surface area contributed by atoms with Gasteiger partial charge in [-0.05, 0) is 48.2 Å². The van der Waals surface area contributed by atoms with Crippen molar-refractivity contribution in [1.82, 2.24) is 10.2 Å². The number of fused-ring (bicyclic) bond motifs is 1. The Balaban J connectivity index is 1.35. The van der Waals surface area contributed by atoms with Crippen molar-refractivity contribution in [2.75, 3.05) is 13.2 Å². The van der Waals surface area contributed by atoms with Crippen LogP contribution in [0.15, 0.2) is 42.5 Å². The van der Waals surface area contributed by atoms with Crippen LogP contribution in [0, 0.1) is 5.82 Å². The van der Waals surface area contributed by atoms with Gasteiger partial charge < -0.3 is 19.7 Å². The molecule has 5 nitrogen and oxygen atoms in total. The molecule has 0 aromatic heterocycles. The summed E-state index contributed by atoms with van der Waals surface area (Å²) in [5, 5.41) is 3.19. The number of halogens is 1. The van der Waals surface area contributed by atoms with Gasteiger partial charge in [0.15, 0.2) is 0 Å². The monoisotopic (exact) mass is 412 g/mol. The molecule has 0 saturated heterocycles. The SMILES string of the molecule is O=C(NC1CCCCC1)N1CCOc2ccc(COCc3cccc(F)c3)cc2C1. The number of urea groups is 1. The fourth-order valence-electron chi connectivity index (χ4n) is 4.14. The molecule has 2 aromatic rings. The number of amides is 2. The Bertz CT molecular complexity index is 867. The Hall–Kier alpha value is -2.60. The second-order valence-corrected chi connectivity index (χ2v) is 8.12. The molecule has 4 rings (SSSR count). The molecule has 6 heteroatoms. The molecule has 0 radical (unpaired) electrons. The normalized spacial score (nSPS) is 17.0. The molecule has 1 fully saturated rings. The minimum Gasteiger partial charge on any atom is -0.491 e. The summed E-state index contributed by atoms with van der Waals surface area (Å²) in [7, 11) is 0. The van der Waals surface area contributed by atoms with Gasteiger partial charge in [-0.15, -0.1) is 0 Å². The summed E-state index contributed by atoms with van der Waals surface area (Å²) < 4.78 is 24.9. The molecule has 1 aliphatic carbocycles. The van der Waals surface area contributed by atoms with Crippen LogP contribution >= 0.6 is 0 Å². The van der Waals surface area contributed by atoms with Gasteiger partial charge >= 0.3 is 6.03 Å². The Morgan fingerprint density at radius 1 is 1.10 bits per heavy atom. The number of nitrogens with zero attached hydrogens (tertiary/aromatic N) is 1. The molecule has 1 N–H and O–H groups in total. The number of carbonyl (C=O) groups excluding carboxylic acids is 1. The van der Waals surface area contributed by atoms with E-state index in [-0.39, 0.29) is 17.9 Å². The maximum absolute atomic E-state index is 13.3. The van der Waals surface area contributed by atoms with Crippen LogP contribution in [0.25, 0.3) is 0 Å². The van der Waals surface area contributed by atoms with E-state index in [0.29, 0.717) is 32.9 Å². The Kier molecular flexibility index (Phi) is 6.84. The summed E-state index contributed by atoms with van der Waals surface area (Å²) in [5.74, 6) is 0.557. The van der Waals surface area contributed by atoms with E-state index in [2.05, 4.69) is 5.32 Å². The molecule has 30 heavy (non-hydrogen) atoms. The van der Waals surface area contributed by atoms with Crippen LogP contribution in [-0.2, 0) is 24.5 Å². The van der Waals surface area contributed by atoms with E-state index in [0.717, 1.165) is 35.3 Å². The summed E-state index contributed by atoms with van der Waals surface area (Å²) in [6.07, 6.45) is 5.78. The van der Waals surface area contributed by atoms with Gasteiger partial charge in [-0.3, -0.25) is 0 Å². The van der Waals surface area contributed by atoms with Gasteiger partial charge in [-0.2, -0.15) is 0 Å². The molecule has 2 amide bonds. The first-order valence-corrected chi connectivity index (χ1v) is 10.8. The largest absolute Gasteiger partial charge is 0.491 e. The van der Waals surface area contributed by atoms with Gasteiger partial charge in [0.25, 0.3) is 0 Å². The molecule has 0 bridgehead atoms. The van der Waals surface area contributed by atoms with Crippen molar-refractivity contribution < 1.29 is 18.7 Å². The molecule has 160 valence electrons. The highest BCUT2D eigenvalue weighted by Crippen LogP contribution is 2.25. The molecule has 0 unspecified atom stereocenters. The maximum Gasteiger partial charge on any atom is 0.318 e. The van der Waals surface area contributed by atoms with E-state index in [4.69, 9.17) is 9.47 Å². The number of ether oxygens (including phenoxy) is 2. The quantitative estimate of drug-likeness (QED) is 0.769. The smallest absolute Gasteiger partial charge is 0.318 e. The van der Waals surface area contributed by atoms with Crippen molar-refractivity contribution in [3.63, 3.8) is 0 Å². The summed E-state index contributed by atoms with van der Waals surface area (Å²) in [6.45, 7) is 2.34. The third kappa shape index (κ3) is 5.51. The Morgan fingerprint density at radius 3 is 2.70 bits per heavy atom. The summed E-state index contributed by atoms with van der Waals surface area (Å²) in [5.41, 5.74) is 2.79. The molecule has 1 saturated carbocycles. The minimum atomic E-state index is -0.259. The second kappa shape index (κ2) is 9.94. The lowest BCUT2D eigenvalue weighted by Gasteiger charge is -2.27. The van der Waals surface area contributed by atoms with Gasteiger partial charge in [-0.1, -0.05) is 37.5 Å². The van der Waals surface area contributed by atoms with Crippen molar-refractivity contribution >= 4 is 6.03 Å². The predicted molar refractivity (Wildman–Crippen MR) is 113 cm³/mol. The number of hydrogen-bond donors (Lipinski definition) is 1. The molecule has 1 aliphatic heterocycles. The van der Waals surface area contributed by atoms with E-state index < -0.39 is 0 Å². The van der Waals surface area contributed by atoms with Gasteiger partial charge in [-0.25, -0.2) is 9.18 Å². The third-order valence-electron chi connectivity index (χ3n) is 5.75. The minimum absolute atomic E-state index is 0.00823. The number of nitrogens with one attached hydrogen (secondary N) is 1. The zero-order valence-corrected chi connectivity index (χ0v) is 17.2. The number of hydrogen-bond acceptors (Lipinski definition) is 3. The van der Waals surface area contributed by atoms with Crippen LogP contribution in [0.2, 0.25) is 0 Å². The third-order valence-corrected chi connectivity index (χ3v) is 5.75. The lowest BCUT2D eigenvalue weighted by molar-refractivity contribution is 0.107. The molecular formula is C24H29FN2O3. The predicted octanol–water partition coefficient (Wildman–Crippen LogP) is 4.78. The van der Waals surface area contributed by atoms with Gasteiger partial charge in [0.2, 0.25) is 0 Å². The average Bonchev–Trinajstić information content (AvgIpc) is 2.97. The summed E-state index contributed by atoms with van der Waals surface area (Å²) >= 11 is 0. The van der Waals surface area contributed by atoms with Crippen molar-refractivity contribution in [1.29, 1.82) is 0 Å². The fraction of sp³-hybridized carbons (Fsp3) is 0.458. The highest BCUT2D eigenvalue weighted by molar-refractivity contribution is 5.74. The molecule has 1 heterocycles. The zero-order valence-electron chi connectivity index (χ0n) is 17.2. The maximum atomic E-state index is 13.3. The number of carbonyl (C=O) groups is 1. The van der Waals surface area contributed by atoms with Crippen LogP contribution in [0.4, 0.5) is 9.18 Å². The van der Waals surface area contributed by atoms with Crippen LogP contribution < -0.4 is 10.1 Å². The van der Waals surface area contributed by atoms with Gasteiger partial charge in [0.05, 0.1) is 26.3 Å². The van der Waals surface area contributed by atoms with E-state index in [9.17, 15) is 9.18 Å². The van der Waals surface area contributed by atoms with Crippen molar-refractivity contribution in [3.05, 3.63) is 65.0 Å². The zero-order chi connectivity index (χ0) is 20.8.